The fourth-order valence-corrected chi connectivity index (χ4v) is 5.03. The number of aromatic nitrogens is 2. The zero-order valence-electron chi connectivity index (χ0n) is 18.7. The Hall–Kier alpha value is -2.31. The second-order valence-electron chi connectivity index (χ2n) is 7.77. The van der Waals surface area contributed by atoms with Crippen LogP contribution in [0.3, 0.4) is 0 Å². The first-order chi connectivity index (χ1) is 16.0. The highest BCUT2D eigenvalue weighted by molar-refractivity contribution is 8.26. The number of pyridine rings is 1. The molecule has 0 saturated carbocycles. The number of amides is 1. The monoisotopic (exact) mass is 489 g/mol. The van der Waals surface area contributed by atoms with Crippen molar-refractivity contribution >= 4 is 51.7 Å². The Morgan fingerprint density at radius 3 is 2.85 bits per heavy atom. The molecule has 0 radical (unpaired) electrons. The lowest BCUT2D eigenvalue weighted by molar-refractivity contribution is -0.122. The van der Waals surface area contributed by atoms with Crippen LogP contribution < -0.4 is 10.9 Å². The van der Waals surface area contributed by atoms with Crippen molar-refractivity contribution in [3.8, 4) is 0 Å². The molecule has 2 aliphatic rings. The van der Waals surface area contributed by atoms with E-state index >= 15 is 0 Å². The average Bonchev–Trinajstić information content (AvgIpc) is 3.08. The zero-order chi connectivity index (χ0) is 23.4. The molecule has 0 atom stereocenters. The molecule has 0 unspecified atom stereocenters. The van der Waals surface area contributed by atoms with Crippen LogP contribution in [0.1, 0.15) is 11.1 Å². The first kappa shape index (κ1) is 23.8. The Morgan fingerprint density at radius 1 is 1.30 bits per heavy atom. The van der Waals surface area contributed by atoms with Crippen molar-refractivity contribution < 1.29 is 14.3 Å². The molecule has 0 aromatic carbocycles. The zero-order valence-corrected chi connectivity index (χ0v) is 20.3. The number of hydrogen-bond acceptors (Lipinski definition) is 9. The third kappa shape index (κ3) is 5.28. The van der Waals surface area contributed by atoms with Crippen LogP contribution in [-0.2, 0) is 14.3 Å². The van der Waals surface area contributed by atoms with E-state index in [-0.39, 0.29) is 11.5 Å². The van der Waals surface area contributed by atoms with Crippen LogP contribution in [0.2, 0.25) is 0 Å². The molecule has 4 heterocycles. The second kappa shape index (κ2) is 10.7. The van der Waals surface area contributed by atoms with Gasteiger partial charge in [-0.1, -0.05) is 30.0 Å². The van der Waals surface area contributed by atoms with Gasteiger partial charge in [-0.2, -0.15) is 0 Å². The van der Waals surface area contributed by atoms with Gasteiger partial charge in [0, 0.05) is 39.5 Å². The minimum absolute atomic E-state index is 0.227. The van der Waals surface area contributed by atoms with E-state index in [2.05, 4.69) is 10.2 Å². The van der Waals surface area contributed by atoms with Crippen molar-refractivity contribution in [1.29, 1.82) is 0 Å². The van der Waals surface area contributed by atoms with Gasteiger partial charge in [-0.3, -0.25) is 23.8 Å². The number of aryl methyl sites for hydroxylation is 1. The molecule has 4 rings (SSSR count). The van der Waals surface area contributed by atoms with E-state index in [1.54, 1.807) is 19.4 Å². The van der Waals surface area contributed by atoms with Gasteiger partial charge in [0.15, 0.2) is 0 Å². The summed E-state index contributed by atoms with van der Waals surface area (Å²) < 4.78 is 12.4. The van der Waals surface area contributed by atoms with Crippen LogP contribution >= 0.6 is 24.0 Å². The number of carbonyl (C=O) groups is 1. The fourth-order valence-electron chi connectivity index (χ4n) is 3.74. The average molecular weight is 490 g/mol. The largest absolute Gasteiger partial charge is 0.383 e. The summed E-state index contributed by atoms with van der Waals surface area (Å²) in [6, 6.07) is 3.73. The fraction of sp³-hybridized carbons (Fsp3) is 0.455. The van der Waals surface area contributed by atoms with E-state index in [1.165, 1.54) is 21.1 Å². The number of hydrogen-bond donors (Lipinski definition) is 1. The quantitative estimate of drug-likeness (QED) is 0.439. The van der Waals surface area contributed by atoms with Gasteiger partial charge in [-0.05, 0) is 24.6 Å². The van der Waals surface area contributed by atoms with Gasteiger partial charge >= 0.3 is 0 Å². The third-order valence-corrected chi connectivity index (χ3v) is 6.95. The third-order valence-electron chi connectivity index (χ3n) is 5.58. The van der Waals surface area contributed by atoms with Crippen LogP contribution in [0.5, 0.6) is 0 Å². The summed E-state index contributed by atoms with van der Waals surface area (Å²) in [7, 11) is 1.58. The van der Waals surface area contributed by atoms with Crippen molar-refractivity contribution in [2.45, 2.75) is 6.92 Å². The van der Waals surface area contributed by atoms with E-state index in [4.69, 9.17) is 26.7 Å². The number of carbonyl (C=O) groups excluding carboxylic acids is 1. The number of nitrogens with one attached hydrogen (secondary N) is 1. The maximum atomic E-state index is 13.4. The highest BCUT2D eigenvalue weighted by Crippen LogP contribution is 2.32. The molecule has 2 fully saturated rings. The molecule has 0 spiro atoms. The van der Waals surface area contributed by atoms with E-state index in [9.17, 15) is 9.59 Å². The van der Waals surface area contributed by atoms with Gasteiger partial charge in [-0.15, -0.1) is 0 Å². The lowest BCUT2D eigenvalue weighted by atomic mass is 10.2. The molecule has 2 aliphatic heterocycles. The number of thioether (sulfide) groups is 1. The lowest BCUT2D eigenvalue weighted by Crippen LogP contribution is -2.39. The Kier molecular flexibility index (Phi) is 7.76. The van der Waals surface area contributed by atoms with Crippen molar-refractivity contribution in [1.82, 2.24) is 19.2 Å². The van der Waals surface area contributed by atoms with Gasteiger partial charge in [-0.25, -0.2) is 4.98 Å². The molecule has 1 amide bonds. The number of fused-ring (bicyclic) bond motifs is 1. The topological polar surface area (TPSA) is 88.4 Å². The summed E-state index contributed by atoms with van der Waals surface area (Å²) in [6.07, 6.45) is 3.30. The van der Waals surface area contributed by atoms with E-state index in [0.717, 1.165) is 38.4 Å². The first-order valence-electron chi connectivity index (χ1n) is 10.8. The summed E-state index contributed by atoms with van der Waals surface area (Å²) >= 11 is 6.55. The molecule has 1 N–H and O–H groups in total. The SMILES string of the molecule is COCCN1C(=O)/C(=C/c2c(NCCN3CCOCC3)nc3c(C)cccn3c2=O)SC1=S. The van der Waals surface area contributed by atoms with Gasteiger partial charge in [0.05, 0.1) is 36.8 Å². The Labute approximate surface area is 201 Å². The lowest BCUT2D eigenvalue weighted by Gasteiger charge is -2.26. The summed E-state index contributed by atoms with van der Waals surface area (Å²) in [5.41, 5.74) is 1.58. The molecule has 9 nitrogen and oxygen atoms in total. The number of thiocarbonyl (C=S) groups is 1. The molecule has 11 heteroatoms. The summed E-state index contributed by atoms with van der Waals surface area (Å²) in [5, 5.41) is 3.33. The number of methoxy groups -OCH3 is 1. The predicted molar refractivity (Wildman–Crippen MR) is 134 cm³/mol. The molecule has 2 aromatic rings. The van der Waals surface area contributed by atoms with Gasteiger partial charge in [0.2, 0.25) is 0 Å². The molecule has 33 heavy (non-hydrogen) atoms. The molecule has 0 aliphatic carbocycles. The molecule has 176 valence electrons. The maximum Gasteiger partial charge on any atom is 0.267 e. The van der Waals surface area contributed by atoms with E-state index < -0.39 is 0 Å². The van der Waals surface area contributed by atoms with E-state index in [1.807, 2.05) is 19.1 Å². The standard InChI is InChI=1S/C22H27N5O4S2/c1-15-4-3-6-26-19(15)24-18(23-5-7-25-8-12-31-13-9-25)16(20(26)28)14-17-21(29)27(10-11-30-2)22(32)33-17/h3-4,6,14,23H,5,7-13H2,1-2H3/b17-14-. The molecular formula is C22H27N5O4S2. The summed E-state index contributed by atoms with van der Waals surface area (Å²) in [6.45, 7) is 7.30. The molecule has 2 saturated heterocycles. The number of morpholine rings is 1. The van der Waals surface area contributed by atoms with Crippen LogP contribution in [0.4, 0.5) is 5.82 Å². The molecular weight excluding hydrogens is 462 g/mol. The molecule has 2 aromatic heterocycles. The number of anilines is 1. The maximum absolute atomic E-state index is 13.4. The Balaban J connectivity index is 1.67. The number of rotatable bonds is 8. The van der Waals surface area contributed by atoms with Crippen LogP contribution in [0.15, 0.2) is 28.0 Å². The Morgan fingerprint density at radius 2 is 2.09 bits per heavy atom. The minimum atomic E-state index is -0.236. The van der Waals surface area contributed by atoms with Gasteiger partial charge < -0.3 is 14.8 Å². The van der Waals surface area contributed by atoms with Crippen molar-refractivity contribution in [2.24, 2.45) is 0 Å². The highest BCUT2D eigenvalue weighted by Gasteiger charge is 2.32. The Bertz CT molecular complexity index is 1140. The van der Waals surface area contributed by atoms with Gasteiger partial charge in [0.1, 0.15) is 15.8 Å². The number of ether oxygens (including phenoxy) is 2. The summed E-state index contributed by atoms with van der Waals surface area (Å²) in [4.78, 5) is 35.3. The summed E-state index contributed by atoms with van der Waals surface area (Å²) in [5.74, 6) is 0.236. The first-order valence-corrected chi connectivity index (χ1v) is 12.0. The van der Waals surface area contributed by atoms with Crippen LogP contribution in [0.25, 0.3) is 11.7 Å². The van der Waals surface area contributed by atoms with Crippen molar-refractivity contribution in [2.75, 3.05) is 65.0 Å². The number of nitrogens with zero attached hydrogens (tertiary/aromatic N) is 4. The van der Waals surface area contributed by atoms with Crippen molar-refractivity contribution in [3.05, 3.63) is 44.7 Å². The minimum Gasteiger partial charge on any atom is -0.383 e. The van der Waals surface area contributed by atoms with Gasteiger partial charge in [0.25, 0.3) is 11.5 Å². The van der Waals surface area contributed by atoms with E-state index in [0.29, 0.717) is 46.0 Å². The predicted octanol–water partition coefficient (Wildman–Crippen LogP) is 1.59. The smallest absolute Gasteiger partial charge is 0.267 e. The second-order valence-corrected chi connectivity index (χ2v) is 9.45. The normalized spacial score (nSPS) is 18.6. The van der Waals surface area contributed by atoms with Crippen molar-refractivity contribution in [3.63, 3.8) is 0 Å². The highest BCUT2D eigenvalue weighted by atomic mass is 32.2. The molecule has 0 bridgehead atoms. The van der Waals surface area contributed by atoms with Crippen LogP contribution in [-0.4, -0.2) is 89.1 Å². The van der Waals surface area contributed by atoms with Crippen LogP contribution in [0, 0.1) is 6.92 Å².